The van der Waals surface area contributed by atoms with E-state index < -0.39 is 11.8 Å². The highest BCUT2D eigenvalue weighted by Crippen LogP contribution is 2.38. The minimum absolute atomic E-state index is 0.00906. The van der Waals surface area contributed by atoms with E-state index in [9.17, 15) is 14.3 Å². The molecule has 1 heterocycles. The Morgan fingerprint density at radius 1 is 1.25 bits per heavy atom. The molecule has 5 nitrogen and oxygen atoms in total. The van der Waals surface area contributed by atoms with Crippen molar-refractivity contribution >= 4 is 22.6 Å². The van der Waals surface area contributed by atoms with E-state index in [4.69, 9.17) is 14.9 Å². The number of hydrogen-bond donors (Lipinski definition) is 2. The minimum Gasteiger partial charge on any atom is -0.489 e. The smallest absolute Gasteiger partial charge is 0.340 e. The molecule has 2 aromatic carbocycles. The molecule has 0 bridgehead atoms. The van der Waals surface area contributed by atoms with E-state index in [1.54, 1.807) is 6.07 Å². The van der Waals surface area contributed by atoms with Gasteiger partial charge in [-0.05, 0) is 44.2 Å². The van der Waals surface area contributed by atoms with Crippen LogP contribution >= 0.6 is 0 Å². The number of carboxylic acid groups (broad SMARTS) is 1. The lowest BCUT2D eigenvalue weighted by Gasteiger charge is -2.11. The maximum Gasteiger partial charge on any atom is 0.340 e. The third kappa shape index (κ3) is 2.78. The number of nitrogen functional groups attached to an aromatic ring is 1. The summed E-state index contributed by atoms with van der Waals surface area (Å²) >= 11 is 0. The Hall–Kier alpha value is -3.02. The number of halogens is 1. The first-order valence-corrected chi connectivity index (χ1v) is 7.38. The van der Waals surface area contributed by atoms with Gasteiger partial charge in [0.25, 0.3) is 0 Å². The number of fused-ring (bicyclic) bond motifs is 1. The number of benzene rings is 2. The first kappa shape index (κ1) is 15.9. The lowest BCUT2D eigenvalue weighted by atomic mass is 10.0. The van der Waals surface area contributed by atoms with Gasteiger partial charge in [0.15, 0.2) is 0 Å². The molecule has 1 aromatic heterocycles. The number of carbonyl (C=O) groups is 1. The van der Waals surface area contributed by atoms with Crippen molar-refractivity contribution in [2.75, 3.05) is 5.73 Å². The van der Waals surface area contributed by atoms with E-state index in [0.717, 1.165) is 0 Å². The minimum atomic E-state index is -1.15. The summed E-state index contributed by atoms with van der Waals surface area (Å²) in [7, 11) is 0. The molecule has 6 heteroatoms. The van der Waals surface area contributed by atoms with Crippen LogP contribution < -0.4 is 10.5 Å². The number of aromatic carboxylic acids is 1. The number of carboxylic acids is 1. The molecule has 0 atom stereocenters. The van der Waals surface area contributed by atoms with Crippen molar-refractivity contribution in [3.8, 4) is 17.1 Å². The Morgan fingerprint density at radius 3 is 2.50 bits per heavy atom. The quantitative estimate of drug-likeness (QED) is 0.697. The van der Waals surface area contributed by atoms with Crippen LogP contribution in [0.1, 0.15) is 24.2 Å². The molecule has 24 heavy (non-hydrogen) atoms. The Kier molecular flexibility index (Phi) is 3.89. The van der Waals surface area contributed by atoms with Crippen LogP contribution in [-0.4, -0.2) is 17.2 Å². The zero-order valence-corrected chi connectivity index (χ0v) is 13.2. The van der Waals surface area contributed by atoms with Crippen molar-refractivity contribution in [1.29, 1.82) is 0 Å². The Bertz CT molecular complexity index is 913. The van der Waals surface area contributed by atoms with Crippen LogP contribution in [0.3, 0.4) is 0 Å². The molecule has 0 aliphatic heterocycles. The molecule has 0 amide bonds. The van der Waals surface area contributed by atoms with Gasteiger partial charge >= 0.3 is 5.97 Å². The van der Waals surface area contributed by atoms with E-state index in [1.165, 1.54) is 30.3 Å². The summed E-state index contributed by atoms with van der Waals surface area (Å²) in [5.41, 5.74) is 7.09. The van der Waals surface area contributed by atoms with Gasteiger partial charge in [-0.1, -0.05) is 0 Å². The van der Waals surface area contributed by atoms with Crippen molar-refractivity contribution in [2.45, 2.75) is 20.0 Å². The predicted octanol–water partition coefficient (Wildman–Crippen LogP) is 4.31. The van der Waals surface area contributed by atoms with Crippen LogP contribution in [0.4, 0.5) is 10.1 Å². The van der Waals surface area contributed by atoms with Gasteiger partial charge in [-0.3, -0.25) is 0 Å². The maximum atomic E-state index is 13.1. The molecule has 124 valence electrons. The summed E-state index contributed by atoms with van der Waals surface area (Å²) in [6.45, 7) is 3.70. The van der Waals surface area contributed by atoms with Crippen molar-refractivity contribution in [3.63, 3.8) is 0 Å². The summed E-state index contributed by atoms with van der Waals surface area (Å²) in [4.78, 5) is 11.7. The number of ether oxygens (including phenoxy) is 1. The van der Waals surface area contributed by atoms with E-state index in [-0.39, 0.29) is 17.4 Å². The second-order valence-corrected chi connectivity index (χ2v) is 5.67. The van der Waals surface area contributed by atoms with Gasteiger partial charge in [0.2, 0.25) is 0 Å². The molecule has 0 aliphatic carbocycles. The topological polar surface area (TPSA) is 85.7 Å². The van der Waals surface area contributed by atoms with Crippen LogP contribution in [0.15, 0.2) is 40.8 Å². The molecule has 0 radical (unpaired) electrons. The molecule has 3 N–H and O–H groups in total. The summed E-state index contributed by atoms with van der Waals surface area (Å²) in [5.74, 6) is -1.01. The first-order valence-electron chi connectivity index (χ1n) is 7.38. The SMILES string of the molecule is CC(C)Oc1cc2c(C(=O)O)c(-c3ccc(F)cc3)oc2cc1N. The molecule has 3 rings (SSSR count). The highest BCUT2D eigenvalue weighted by atomic mass is 19.1. The van der Waals surface area contributed by atoms with Crippen LogP contribution in [0, 0.1) is 5.82 Å². The zero-order chi connectivity index (χ0) is 17.4. The van der Waals surface area contributed by atoms with Crippen LogP contribution in [-0.2, 0) is 0 Å². The molecule has 0 aliphatic rings. The van der Waals surface area contributed by atoms with E-state index in [2.05, 4.69) is 0 Å². The lowest BCUT2D eigenvalue weighted by molar-refractivity contribution is 0.0699. The summed E-state index contributed by atoms with van der Waals surface area (Å²) < 4.78 is 24.4. The average Bonchev–Trinajstić information content (AvgIpc) is 2.86. The normalized spacial score (nSPS) is 11.2. The molecule has 0 fully saturated rings. The Balaban J connectivity index is 2.25. The number of nitrogens with two attached hydrogens (primary N) is 1. The van der Waals surface area contributed by atoms with Gasteiger partial charge in [-0.15, -0.1) is 0 Å². The third-order valence-corrected chi connectivity index (χ3v) is 3.50. The van der Waals surface area contributed by atoms with Crippen molar-refractivity contribution in [3.05, 3.63) is 47.8 Å². The number of furan rings is 1. The number of anilines is 1. The number of hydrogen-bond acceptors (Lipinski definition) is 4. The Labute approximate surface area is 137 Å². The van der Waals surface area contributed by atoms with Crippen molar-refractivity contribution in [1.82, 2.24) is 0 Å². The van der Waals surface area contributed by atoms with Crippen LogP contribution in [0.2, 0.25) is 0 Å². The van der Waals surface area contributed by atoms with Gasteiger partial charge in [-0.2, -0.15) is 0 Å². The van der Waals surface area contributed by atoms with Crippen molar-refractivity contribution in [2.24, 2.45) is 0 Å². The Morgan fingerprint density at radius 2 is 1.92 bits per heavy atom. The highest BCUT2D eigenvalue weighted by Gasteiger charge is 2.23. The van der Waals surface area contributed by atoms with Gasteiger partial charge in [0.1, 0.15) is 28.5 Å². The molecule has 3 aromatic rings. The predicted molar refractivity (Wildman–Crippen MR) is 88.7 cm³/mol. The fraction of sp³-hybridized carbons (Fsp3) is 0.167. The van der Waals surface area contributed by atoms with Gasteiger partial charge in [0, 0.05) is 17.0 Å². The average molecular weight is 329 g/mol. The van der Waals surface area contributed by atoms with E-state index in [0.29, 0.717) is 28.0 Å². The molecule has 0 spiro atoms. The molecular formula is C18H16FNO4. The maximum absolute atomic E-state index is 13.1. The lowest BCUT2D eigenvalue weighted by Crippen LogP contribution is -2.07. The van der Waals surface area contributed by atoms with Crippen LogP contribution in [0.5, 0.6) is 5.75 Å². The van der Waals surface area contributed by atoms with Gasteiger partial charge in [0.05, 0.1) is 11.8 Å². The molecule has 0 saturated carbocycles. The molecule has 0 saturated heterocycles. The summed E-state index contributed by atoms with van der Waals surface area (Å²) in [5, 5.41) is 9.99. The monoisotopic (exact) mass is 329 g/mol. The fourth-order valence-electron chi connectivity index (χ4n) is 2.51. The van der Waals surface area contributed by atoms with E-state index in [1.807, 2.05) is 13.8 Å². The molecular weight excluding hydrogens is 313 g/mol. The summed E-state index contributed by atoms with van der Waals surface area (Å²) in [6.07, 6.45) is -0.110. The van der Waals surface area contributed by atoms with Crippen molar-refractivity contribution < 1.29 is 23.4 Å². The largest absolute Gasteiger partial charge is 0.489 e. The zero-order valence-electron chi connectivity index (χ0n) is 13.2. The number of rotatable bonds is 4. The highest BCUT2D eigenvalue weighted by molar-refractivity contribution is 6.09. The van der Waals surface area contributed by atoms with Gasteiger partial charge in [-0.25, -0.2) is 9.18 Å². The summed E-state index contributed by atoms with van der Waals surface area (Å²) in [6, 6.07) is 8.52. The van der Waals surface area contributed by atoms with Gasteiger partial charge < -0.3 is 20.0 Å². The third-order valence-electron chi connectivity index (χ3n) is 3.50. The fourth-order valence-corrected chi connectivity index (χ4v) is 2.51. The second-order valence-electron chi connectivity index (χ2n) is 5.67. The van der Waals surface area contributed by atoms with Crippen LogP contribution in [0.25, 0.3) is 22.3 Å². The standard InChI is InChI=1S/C18H16FNO4/c1-9(2)23-15-7-12-14(8-13(15)20)24-17(16(12)18(21)22)10-3-5-11(19)6-4-10/h3-9H,20H2,1-2H3,(H,21,22). The molecule has 0 unspecified atom stereocenters. The second kappa shape index (κ2) is 5.88. The first-order chi connectivity index (χ1) is 11.4. The van der Waals surface area contributed by atoms with E-state index >= 15 is 0 Å².